The molecule has 0 bridgehead atoms. The van der Waals surface area contributed by atoms with E-state index < -0.39 is 17.7 Å². The Morgan fingerprint density at radius 2 is 1.68 bits per heavy atom. The topological polar surface area (TPSA) is 26.0 Å². The highest BCUT2D eigenvalue weighted by Gasteiger charge is 2.19. The molecule has 0 amide bonds. The molecule has 0 spiro atoms. The van der Waals surface area contributed by atoms with Gasteiger partial charge in [0, 0.05) is 15.6 Å². The molecule has 6 heteroatoms. The summed E-state index contributed by atoms with van der Waals surface area (Å²) in [5.41, 5.74) is 6.40. The van der Waals surface area contributed by atoms with Crippen LogP contribution in [0, 0.1) is 11.6 Å². The van der Waals surface area contributed by atoms with Crippen LogP contribution in [0.1, 0.15) is 17.2 Å². The zero-order valence-corrected chi connectivity index (χ0v) is 12.5. The third-order valence-corrected chi connectivity index (χ3v) is 3.85. The van der Waals surface area contributed by atoms with Gasteiger partial charge in [0.15, 0.2) is 0 Å². The van der Waals surface area contributed by atoms with Gasteiger partial charge in [0.1, 0.15) is 11.6 Å². The van der Waals surface area contributed by atoms with Gasteiger partial charge >= 0.3 is 0 Å². The van der Waals surface area contributed by atoms with Gasteiger partial charge in [-0.15, -0.1) is 0 Å². The zero-order chi connectivity index (χ0) is 14.2. The van der Waals surface area contributed by atoms with Crippen molar-refractivity contribution in [3.8, 4) is 0 Å². The van der Waals surface area contributed by atoms with E-state index in [4.69, 9.17) is 28.9 Å². The SMILES string of the molecule is NC(c1cc(F)c(Br)cc1F)c1cc(Cl)ccc1Cl. The zero-order valence-electron chi connectivity index (χ0n) is 9.43. The van der Waals surface area contributed by atoms with E-state index in [1.807, 2.05) is 0 Å². The molecule has 0 radical (unpaired) electrons. The summed E-state index contributed by atoms with van der Waals surface area (Å²) in [5, 5.41) is 0.771. The van der Waals surface area contributed by atoms with Crippen molar-refractivity contribution in [3.05, 3.63) is 67.6 Å². The number of nitrogens with two attached hydrogens (primary N) is 1. The molecule has 2 rings (SSSR count). The Hall–Kier alpha value is -0.680. The van der Waals surface area contributed by atoms with Crippen molar-refractivity contribution >= 4 is 39.1 Å². The third kappa shape index (κ3) is 3.08. The van der Waals surface area contributed by atoms with Crippen molar-refractivity contribution in [2.45, 2.75) is 6.04 Å². The summed E-state index contributed by atoms with van der Waals surface area (Å²) in [6.45, 7) is 0. The van der Waals surface area contributed by atoms with Crippen LogP contribution in [0.25, 0.3) is 0 Å². The first-order valence-electron chi connectivity index (χ1n) is 5.25. The summed E-state index contributed by atoms with van der Waals surface area (Å²) >= 11 is 14.8. The van der Waals surface area contributed by atoms with E-state index in [9.17, 15) is 8.78 Å². The maximum absolute atomic E-state index is 13.8. The smallest absolute Gasteiger partial charge is 0.137 e. The molecular weight excluding hydrogens is 359 g/mol. The maximum atomic E-state index is 13.8. The predicted molar refractivity (Wildman–Crippen MR) is 76.6 cm³/mol. The predicted octanol–water partition coefficient (Wildman–Crippen LogP) is 5.08. The Labute approximate surface area is 127 Å². The highest BCUT2D eigenvalue weighted by atomic mass is 79.9. The molecule has 0 aromatic heterocycles. The van der Waals surface area contributed by atoms with E-state index in [1.165, 1.54) is 6.07 Å². The fraction of sp³-hybridized carbons (Fsp3) is 0.0769. The molecule has 0 aliphatic rings. The number of hydrogen-bond acceptors (Lipinski definition) is 1. The van der Waals surface area contributed by atoms with Gasteiger partial charge in [-0.3, -0.25) is 0 Å². The van der Waals surface area contributed by atoms with Crippen molar-refractivity contribution in [3.63, 3.8) is 0 Å². The van der Waals surface area contributed by atoms with Crippen LogP contribution >= 0.6 is 39.1 Å². The minimum absolute atomic E-state index is 0.0184. The Bertz CT molecular complexity index is 634. The van der Waals surface area contributed by atoms with Gasteiger partial charge in [-0.25, -0.2) is 8.78 Å². The van der Waals surface area contributed by atoms with E-state index in [0.29, 0.717) is 15.6 Å². The molecule has 1 nitrogen and oxygen atoms in total. The second kappa shape index (κ2) is 5.75. The van der Waals surface area contributed by atoms with E-state index in [2.05, 4.69) is 15.9 Å². The van der Waals surface area contributed by atoms with E-state index in [0.717, 1.165) is 12.1 Å². The van der Waals surface area contributed by atoms with Gasteiger partial charge in [-0.1, -0.05) is 23.2 Å². The Kier molecular flexibility index (Phi) is 4.46. The first kappa shape index (κ1) is 14.7. The molecule has 2 aromatic carbocycles. The third-order valence-electron chi connectivity index (χ3n) is 2.67. The molecule has 100 valence electrons. The standard InChI is InChI=1S/C13H8BrCl2F2N/c14-9-5-11(17)8(4-12(9)18)13(19)7-3-6(15)1-2-10(7)16/h1-5,13H,19H2. The molecule has 19 heavy (non-hydrogen) atoms. The van der Waals surface area contributed by atoms with E-state index in [1.54, 1.807) is 12.1 Å². The maximum Gasteiger partial charge on any atom is 0.137 e. The summed E-state index contributed by atoms with van der Waals surface area (Å²) in [6, 6.07) is 5.87. The monoisotopic (exact) mass is 365 g/mol. The average Bonchev–Trinajstić information content (AvgIpc) is 2.36. The summed E-state index contributed by atoms with van der Waals surface area (Å²) in [7, 11) is 0. The summed E-state index contributed by atoms with van der Waals surface area (Å²) in [6.07, 6.45) is 0. The number of halogens is 5. The molecule has 0 aliphatic carbocycles. The lowest BCUT2D eigenvalue weighted by Gasteiger charge is -2.16. The summed E-state index contributed by atoms with van der Waals surface area (Å²) < 4.78 is 27.4. The molecule has 1 atom stereocenters. The van der Waals surface area contributed by atoms with Crippen LogP contribution in [-0.4, -0.2) is 0 Å². The fourth-order valence-corrected chi connectivity index (χ4v) is 2.43. The highest BCUT2D eigenvalue weighted by molar-refractivity contribution is 9.10. The molecule has 0 heterocycles. The van der Waals surface area contributed by atoms with Crippen molar-refractivity contribution in [1.82, 2.24) is 0 Å². The molecule has 0 aliphatic heterocycles. The van der Waals surface area contributed by atoms with Crippen molar-refractivity contribution in [1.29, 1.82) is 0 Å². The van der Waals surface area contributed by atoms with Crippen LogP contribution in [0.5, 0.6) is 0 Å². The van der Waals surface area contributed by atoms with Gasteiger partial charge in [-0.05, 0) is 51.8 Å². The lowest BCUT2D eigenvalue weighted by Crippen LogP contribution is -2.14. The van der Waals surface area contributed by atoms with Gasteiger partial charge in [-0.2, -0.15) is 0 Å². The molecule has 1 unspecified atom stereocenters. The van der Waals surface area contributed by atoms with Gasteiger partial charge < -0.3 is 5.73 Å². The summed E-state index contributed by atoms with van der Waals surface area (Å²) in [5.74, 6) is -1.21. The second-order valence-corrected chi connectivity index (χ2v) is 5.63. The molecule has 0 saturated heterocycles. The van der Waals surface area contributed by atoms with Crippen molar-refractivity contribution < 1.29 is 8.78 Å². The number of hydrogen-bond donors (Lipinski definition) is 1. The van der Waals surface area contributed by atoms with Crippen LogP contribution in [-0.2, 0) is 0 Å². The largest absolute Gasteiger partial charge is 0.320 e. The minimum atomic E-state index is -0.895. The molecular formula is C13H8BrCl2F2N. The van der Waals surface area contributed by atoms with Crippen LogP contribution in [0.4, 0.5) is 8.78 Å². The normalized spacial score (nSPS) is 12.5. The van der Waals surface area contributed by atoms with Gasteiger partial charge in [0.2, 0.25) is 0 Å². The average molecular weight is 367 g/mol. The van der Waals surface area contributed by atoms with Crippen LogP contribution in [0.3, 0.4) is 0 Å². The molecule has 2 N–H and O–H groups in total. The molecule has 0 saturated carbocycles. The number of benzene rings is 2. The van der Waals surface area contributed by atoms with Crippen LogP contribution in [0.2, 0.25) is 10.0 Å². The lowest BCUT2D eigenvalue weighted by molar-refractivity contribution is 0.572. The van der Waals surface area contributed by atoms with Crippen LogP contribution < -0.4 is 5.73 Å². The molecule has 2 aromatic rings. The van der Waals surface area contributed by atoms with Gasteiger partial charge in [0.25, 0.3) is 0 Å². The van der Waals surface area contributed by atoms with Crippen molar-refractivity contribution in [2.75, 3.05) is 0 Å². The second-order valence-electron chi connectivity index (χ2n) is 3.93. The van der Waals surface area contributed by atoms with Crippen LogP contribution in [0.15, 0.2) is 34.8 Å². The Morgan fingerprint density at radius 1 is 1.00 bits per heavy atom. The minimum Gasteiger partial charge on any atom is -0.320 e. The van der Waals surface area contributed by atoms with E-state index >= 15 is 0 Å². The summed E-state index contributed by atoms with van der Waals surface area (Å²) in [4.78, 5) is 0. The molecule has 0 fully saturated rings. The number of rotatable bonds is 2. The Morgan fingerprint density at radius 3 is 2.37 bits per heavy atom. The first-order valence-corrected chi connectivity index (χ1v) is 6.80. The fourth-order valence-electron chi connectivity index (χ4n) is 1.70. The quantitative estimate of drug-likeness (QED) is 0.736. The first-order chi connectivity index (χ1) is 8.90. The van der Waals surface area contributed by atoms with E-state index in [-0.39, 0.29) is 10.0 Å². The van der Waals surface area contributed by atoms with Gasteiger partial charge in [0.05, 0.1) is 10.5 Å². The highest BCUT2D eigenvalue weighted by Crippen LogP contribution is 2.32. The Balaban J connectivity index is 2.52. The van der Waals surface area contributed by atoms with Crippen molar-refractivity contribution in [2.24, 2.45) is 5.73 Å². The lowest BCUT2D eigenvalue weighted by atomic mass is 9.99.